The molecule has 10 rings (SSSR count). The fourth-order valence-electron chi connectivity index (χ4n) is 13.1. The van der Waals surface area contributed by atoms with Gasteiger partial charge in [-0.3, -0.25) is 33.2 Å². The van der Waals surface area contributed by atoms with E-state index in [2.05, 4.69) is 10.2 Å². The Bertz CT molecular complexity index is 3370. The monoisotopic (exact) mass is 1150 g/mol. The summed E-state index contributed by atoms with van der Waals surface area (Å²) in [5, 5.41) is 47.5. The maximum absolute atomic E-state index is 16.2. The molecule has 2 aromatic heterocycles. The molecular weight excluding hydrogens is 1070 g/mol. The first-order chi connectivity index (χ1) is 39.2. The minimum atomic E-state index is -2.14. The lowest BCUT2D eigenvalue weighted by Crippen LogP contribution is -2.48. The number of carboxylic acid groups (broad SMARTS) is 1. The van der Waals surface area contributed by atoms with Crippen LogP contribution in [0.1, 0.15) is 145 Å². The normalized spacial score (nSPS) is 29.9. The molecule has 83 heavy (non-hydrogen) atoms. The van der Waals surface area contributed by atoms with Crippen LogP contribution in [0.4, 0.5) is 10.1 Å². The molecule has 5 bridgehead atoms. The number of aromatic nitrogens is 1. The number of piperidine rings is 1. The number of halogens is 1. The molecule has 3 fully saturated rings. The summed E-state index contributed by atoms with van der Waals surface area (Å²) >= 11 is 0. The van der Waals surface area contributed by atoms with Gasteiger partial charge in [0.25, 0.3) is 17.2 Å². The lowest BCUT2D eigenvalue weighted by molar-refractivity contribution is -0.160. The van der Waals surface area contributed by atoms with Gasteiger partial charge in [-0.2, -0.15) is 0 Å². The number of aliphatic hydroxyl groups is 2. The quantitative estimate of drug-likeness (QED) is 0.143. The number of likely N-dealkylation sites (tertiary alicyclic amines) is 1. The SMILES string of the molecule is CO[C@H]1/C=C/O[C@@]2(C)Oc3c(C)c(O)c4c(c3C2=O)C(=O)C(N2CCC(N(C)C[C@@H]3CCN(c5c(F)cn6c(=O)c(C(=O)O)cc(C7CC7)c6c5C)C3)CC2)=C(NC(=O)/C(C)=C\C=C\[C@@H](C)[C@H](O)[C@@H](C)[C@H](O)[C@@H](C)[C@@H](OC(C)=O)[C@@H]1C)C4=O. The summed E-state index contributed by atoms with van der Waals surface area (Å²) in [5.41, 5.74) is -0.586. The predicted molar refractivity (Wildman–Crippen MR) is 303 cm³/mol. The zero-order valence-electron chi connectivity index (χ0n) is 48.9. The second kappa shape index (κ2) is 23.5. The molecular formula is C62H76FN5O15. The van der Waals surface area contributed by atoms with Gasteiger partial charge < -0.3 is 59.4 Å². The van der Waals surface area contributed by atoms with Gasteiger partial charge in [-0.25, -0.2) is 9.18 Å². The Kier molecular flexibility index (Phi) is 17.1. The molecule has 446 valence electrons. The summed E-state index contributed by atoms with van der Waals surface area (Å²) in [6.45, 7) is 16.3. The predicted octanol–water partition coefficient (Wildman–Crippen LogP) is 6.52. The fourth-order valence-corrected chi connectivity index (χ4v) is 13.1. The van der Waals surface area contributed by atoms with E-state index >= 15 is 14.0 Å². The van der Waals surface area contributed by atoms with Crippen molar-refractivity contribution in [3.63, 3.8) is 0 Å². The van der Waals surface area contributed by atoms with Crippen LogP contribution in [0.5, 0.6) is 11.5 Å². The van der Waals surface area contributed by atoms with Crippen LogP contribution >= 0.6 is 0 Å². The number of phenols is 1. The summed E-state index contributed by atoms with van der Waals surface area (Å²) in [4.78, 5) is 103. The van der Waals surface area contributed by atoms with Gasteiger partial charge in [-0.1, -0.05) is 45.9 Å². The number of amides is 1. The van der Waals surface area contributed by atoms with Crippen molar-refractivity contribution >= 4 is 46.4 Å². The molecule has 21 heteroatoms. The van der Waals surface area contributed by atoms with E-state index in [0.29, 0.717) is 49.2 Å². The Labute approximate surface area is 481 Å². The number of ether oxygens (including phenoxy) is 4. The number of phenolic OH excluding ortho intramolecular Hbond substituents is 1. The van der Waals surface area contributed by atoms with Crippen molar-refractivity contribution in [2.24, 2.45) is 29.6 Å². The molecule has 3 aromatic rings. The highest BCUT2D eigenvalue weighted by molar-refractivity contribution is 6.32. The molecule has 0 unspecified atom stereocenters. The van der Waals surface area contributed by atoms with Crippen LogP contribution in [0.2, 0.25) is 0 Å². The number of fused-ring (bicyclic) bond motifs is 15. The average Bonchev–Trinajstić information content (AvgIpc) is 2.31. The van der Waals surface area contributed by atoms with Crippen molar-refractivity contribution in [3.05, 3.63) is 115 Å². The van der Waals surface area contributed by atoms with E-state index < -0.39 is 117 Å². The number of hydrogen-bond acceptors (Lipinski definition) is 17. The highest BCUT2D eigenvalue weighted by Gasteiger charge is 2.53. The summed E-state index contributed by atoms with van der Waals surface area (Å²) in [6.07, 6.45) is 7.82. The van der Waals surface area contributed by atoms with Crippen molar-refractivity contribution < 1.29 is 72.5 Å². The molecule has 0 spiro atoms. The summed E-state index contributed by atoms with van der Waals surface area (Å²) < 4.78 is 41.2. The third kappa shape index (κ3) is 11.1. The molecule has 20 nitrogen and oxygen atoms in total. The van der Waals surface area contributed by atoms with Crippen molar-refractivity contribution in [3.8, 4) is 11.5 Å². The molecule has 1 saturated carbocycles. The number of allylic oxidation sites excluding steroid dienone is 4. The number of rotatable bonds is 9. The van der Waals surface area contributed by atoms with Crippen LogP contribution in [-0.2, 0) is 23.8 Å². The number of hydrogen-bond donors (Lipinski definition) is 5. The number of aryl methyl sites for hydroxylation is 1. The first-order valence-corrected chi connectivity index (χ1v) is 28.6. The van der Waals surface area contributed by atoms with Gasteiger partial charge in [0.2, 0.25) is 11.6 Å². The molecule has 0 radical (unpaired) electrons. The number of esters is 1. The Morgan fingerprint density at radius 1 is 0.880 bits per heavy atom. The topological polar surface area (TPSA) is 263 Å². The van der Waals surface area contributed by atoms with E-state index in [1.807, 2.05) is 11.9 Å². The standard InChI is InChI=1S/C62H76FN5O15/c1-29-13-12-14-30(2)59(76)64-47-50(66-22-18-39(19-23-66)65(10)26-37-17-21-67(27-37)49-32(4)48-40(38-15-16-38)25-41(61(78)79)60(77)68(48)28-42(49)63)55(74)44-45(54(47)73)53(72)35(7)57-46(44)58(75)62(9,83-57)81-24-20-43(80-11)31(3)56(82-36(8)69)34(6)52(71)33(5)51(29)70/h12-14,20,24-25,28-29,31,33-34,37-39,43,51-52,56,70-72H,15-19,21-23,26-27H2,1-11H3,(H,64,76)(H,78,79)/b13-12+,24-20+,30-14-/t29-,31-,33-,34-,37+,43+,51+,52+,56+,62+/m1/s1. The number of aromatic carboxylic acids is 1. The largest absolute Gasteiger partial charge is 0.507 e. The van der Waals surface area contributed by atoms with E-state index in [9.17, 15) is 44.4 Å². The van der Waals surface area contributed by atoms with Gasteiger partial charge in [0, 0.05) is 94.5 Å². The zero-order valence-corrected chi connectivity index (χ0v) is 48.9. The molecule has 10 atom stereocenters. The lowest BCUT2D eigenvalue weighted by Gasteiger charge is -2.40. The molecule has 2 saturated heterocycles. The number of benzene rings is 1. The van der Waals surface area contributed by atoms with Crippen LogP contribution in [0.15, 0.2) is 64.6 Å². The van der Waals surface area contributed by atoms with Crippen LogP contribution in [0.3, 0.4) is 0 Å². The minimum Gasteiger partial charge on any atom is -0.507 e. The van der Waals surface area contributed by atoms with E-state index in [0.717, 1.165) is 35.4 Å². The zero-order chi connectivity index (χ0) is 60.4. The number of pyridine rings is 2. The number of aliphatic hydroxyl groups excluding tert-OH is 2. The number of carbonyl (C=O) groups is 6. The van der Waals surface area contributed by atoms with Crippen LogP contribution in [0, 0.1) is 49.3 Å². The maximum atomic E-state index is 16.2. The van der Waals surface area contributed by atoms with Crippen molar-refractivity contribution in [1.82, 2.24) is 19.5 Å². The van der Waals surface area contributed by atoms with E-state index in [-0.39, 0.29) is 70.4 Å². The summed E-state index contributed by atoms with van der Waals surface area (Å²) in [6, 6.07) is 1.44. The van der Waals surface area contributed by atoms with Crippen LogP contribution in [0.25, 0.3) is 5.52 Å². The van der Waals surface area contributed by atoms with Crippen molar-refractivity contribution in [2.75, 3.05) is 51.8 Å². The molecule has 1 amide bonds. The number of carbonyl (C=O) groups excluding carboxylic acids is 5. The second-order valence-corrected chi connectivity index (χ2v) is 23.8. The minimum absolute atomic E-state index is 0.0113. The number of ketones is 3. The Morgan fingerprint density at radius 3 is 2.19 bits per heavy atom. The lowest BCUT2D eigenvalue weighted by atomic mass is 9.78. The smallest absolute Gasteiger partial charge is 0.341 e. The Morgan fingerprint density at radius 2 is 1.55 bits per heavy atom. The second-order valence-electron chi connectivity index (χ2n) is 23.8. The van der Waals surface area contributed by atoms with Crippen molar-refractivity contribution in [1.29, 1.82) is 0 Å². The number of aromatic hydroxyl groups is 1. The Hall–Kier alpha value is -7.20. The van der Waals surface area contributed by atoms with E-state index in [1.54, 1.807) is 51.7 Å². The van der Waals surface area contributed by atoms with Crippen LogP contribution < -0.4 is 20.5 Å². The molecule has 1 aromatic carbocycles. The van der Waals surface area contributed by atoms with E-state index in [1.165, 1.54) is 59.3 Å². The van der Waals surface area contributed by atoms with E-state index in [4.69, 9.17) is 18.9 Å². The van der Waals surface area contributed by atoms with Gasteiger partial charge >= 0.3 is 17.7 Å². The van der Waals surface area contributed by atoms with Gasteiger partial charge in [0.15, 0.2) is 5.82 Å². The third-order valence-corrected chi connectivity index (χ3v) is 18.2. The molecule has 7 heterocycles. The van der Waals surface area contributed by atoms with Gasteiger partial charge in [-0.15, -0.1) is 0 Å². The summed E-state index contributed by atoms with van der Waals surface area (Å²) in [7, 11) is 3.42. The number of nitrogens with zero attached hydrogens (tertiary/aromatic N) is 4. The van der Waals surface area contributed by atoms with Gasteiger partial charge in [-0.05, 0) is 95.0 Å². The number of Topliss-reactive ketones (excluding diaryl/α,β-unsaturated/α-hetero) is 3. The molecule has 2 aliphatic carbocycles. The van der Waals surface area contributed by atoms with Gasteiger partial charge in [0.1, 0.15) is 34.6 Å². The highest BCUT2D eigenvalue weighted by Crippen LogP contribution is 2.50. The molecule has 7 aliphatic rings. The fraction of sp³-hybridized carbons (Fsp3) is 0.532. The van der Waals surface area contributed by atoms with Crippen LogP contribution in [-0.4, -0.2) is 153 Å². The summed E-state index contributed by atoms with van der Waals surface area (Å²) in [5.74, 6) is -11.3. The van der Waals surface area contributed by atoms with Crippen molar-refractivity contribution in [2.45, 2.75) is 137 Å². The Balaban J connectivity index is 1.00. The first kappa shape index (κ1) is 60.4. The highest BCUT2D eigenvalue weighted by atomic mass is 19.1. The maximum Gasteiger partial charge on any atom is 0.341 e. The average molecular weight is 1150 g/mol. The number of anilines is 1. The number of carboxylic acids is 1. The molecule has 5 aliphatic heterocycles. The van der Waals surface area contributed by atoms with Gasteiger partial charge in [0.05, 0.1) is 58.7 Å². The third-order valence-electron chi connectivity index (χ3n) is 18.2. The first-order valence-electron chi connectivity index (χ1n) is 28.6. The number of methoxy groups -OCH3 is 1. The molecule has 5 N–H and O–H groups in total. The number of nitrogens with one attached hydrogen (secondary N) is 1.